The first-order chi connectivity index (χ1) is 12.2. The van der Waals surface area contributed by atoms with E-state index in [0.29, 0.717) is 28.3 Å². The summed E-state index contributed by atoms with van der Waals surface area (Å²) in [5.74, 6) is 1.38. The van der Waals surface area contributed by atoms with E-state index < -0.39 is 0 Å². The maximum atomic E-state index is 13.0. The average Bonchev–Trinajstić information content (AvgIpc) is 2.63. The molecule has 0 spiro atoms. The number of para-hydroxylation sites is 1. The van der Waals surface area contributed by atoms with Crippen LogP contribution in [0.3, 0.4) is 0 Å². The van der Waals surface area contributed by atoms with Gasteiger partial charge in [0.1, 0.15) is 5.82 Å². The van der Waals surface area contributed by atoms with Gasteiger partial charge < -0.3 is 0 Å². The minimum absolute atomic E-state index is 0.110. The number of nitrogens with zero attached hydrogens (tertiary/aromatic N) is 4. The molecule has 0 atom stereocenters. The highest BCUT2D eigenvalue weighted by atomic mass is 32.2. The van der Waals surface area contributed by atoms with Crippen molar-refractivity contribution in [2.45, 2.75) is 31.3 Å². The molecule has 2 aromatic heterocycles. The summed E-state index contributed by atoms with van der Waals surface area (Å²) >= 11 is 1.53. The predicted molar refractivity (Wildman–Crippen MR) is 100 cm³/mol. The zero-order chi connectivity index (χ0) is 17.6. The fourth-order valence-electron chi connectivity index (χ4n) is 2.47. The minimum Gasteiger partial charge on any atom is -0.268 e. The molecule has 3 rings (SSSR count). The van der Waals surface area contributed by atoms with Crippen LogP contribution < -0.4 is 5.56 Å². The number of aryl methyl sites for hydroxylation is 1. The molecule has 5 nitrogen and oxygen atoms in total. The van der Waals surface area contributed by atoms with Crippen LogP contribution in [-0.4, -0.2) is 20.3 Å². The zero-order valence-electron chi connectivity index (χ0n) is 14.0. The zero-order valence-corrected chi connectivity index (χ0v) is 14.8. The topological polar surface area (TPSA) is 71.6 Å². The normalized spacial score (nSPS) is 10.7. The second-order valence-electron chi connectivity index (χ2n) is 5.71. The standard InChI is InChI=1S/C19H18N4OS/c1-14-9-10-17(21-13-14)23-18(24)15-7-3-4-8-16(15)22-19(23)25-12-6-2-5-11-20/h3-4,7-10,13H,2,5-6,12H2,1H3. The lowest BCUT2D eigenvalue weighted by Gasteiger charge is -2.12. The van der Waals surface area contributed by atoms with E-state index in [2.05, 4.69) is 16.0 Å². The van der Waals surface area contributed by atoms with Crippen molar-refractivity contribution in [1.29, 1.82) is 5.26 Å². The van der Waals surface area contributed by atoms with E-state index in [1.807, 2.05) is 37.3 Å². The summed E-state index contributed by atoms with van der Waals surface area (Å²) < 4.78 is 1.58. The Morgan fingerprint density at radius 2 is 2.04 bits per heavy atom. The van der Waals surface area contributed by atoms with Crippen molar-refractivity contribution in [2.24, 2.45) is 0 Å². The molecule has 0 aliphatic heterocycles. The van der Waals surface area contributed by atoms with Gasteiger partial charge in [0.15, 0.2) is 5.16 Å². The van der Waals surface area contributed by atoms with Crippen molar-refractivity contribution in [3.63, 3.8) is 0 Å². The lowest BCUT2D eigenvalue weighted by molar-refractivity contribution is 0.787. The molecule has 0 saturated heterocycles. The molecular formula is C19H18N4OS. The van der Waals surface area contributed by atoms with Crippen LogP contribution in [0.4, 0.5) is 0 Å². The van der Waals surface area contributed by atoms with E-state index in [4.69, 9.17) is 5.26 Å². The van der Waals surface area contributed by atoms with E-state index in [-0.39, 0.29) is 5.56 Å². The SMILES string of the molecule is Cc1ccc(-n2c(SCCCCC#N)nc3ccccc3c2=O)nc1. The van der Waals surface area contributed by atoms with Gasteiger partial charge in [-0.2, -0.15) is 5.26 Å². The number of pyridine rings is 1. The number of thioether (sulfide) groups is 1. The molecule has 0 fully saturated rings. The molecule has 25 heavy (non-hydrogen) atoms. The summed E-state index contributed by atoms with van der Waals surface area (Å²) in [7, 11) is 0. The first-order valence-electron chi connectivity index (χ1n) is 8.15. The second-order valence-corrected chi connectivity index (χ2v) is 6.77. The van der Waals surface area contributed by atoms with Crippen LogP contribution >= 0.6 is 11.8 Å². The number of hydrogen-bond acceptors (Lipinski definition) is 5. The molecule has 3 aromatic rings. The minimum atomic E-state index is -0.110. The van der Waals surface area contributed by atoms with Crippen molar-refractivity contribution in [3.05, 3.63) is 58.5 Å². The molecular weight excluding hydrogens is 332 g/mol. The van der Waals surface area contributed by atoms with Gasteiger partial charge in [0, 0.05) is 18.4 Å². The Balaban J connectivity index is 2.03. The lowest BCUT2D eigenvalue weighted by atomic mass is 10.2. The third kappa shape index (κ3) is 3.89. The summed E-state index contributed by atoms with van der Waals surface area (Å²) in [4.78, 5) is 22.1. The molecule has 0 saturated carbocycles. The summed E-state index contributed by atoms with van der Waals surface area (Å²) in [5.41, 5.74) is 1.62. The van der Waals surface area contributed by atoms with E-state index in [1.165, 1.54) is 11.8 Å². The molecule has 0 radical (unpaired) electrons. The largest absolute Gasteiger partial charge is 0.268 e. The van der Waals surface area contributed by atoms with Crippen LogP contribution in [0.15, 0.2) is 52.5 Å². The van der Waals surface area contributed by atoms with Crippen molar-refractivity contribution >= 4 is 22.7 Å². The molecule has 0 amide bonds. The smallest absolute Gasteiger partial charge is 0.267 e. The van der Waals surface area contributed by atoms with Crippen LogP contribution in [0.25, 0.3) is 16.7 Å². The Bertz CT molecular complexity index is 973. The van der Waals surface area contributed by atoms with Gasteiger partial charge in [0.2, 0.25) is 0 Å². The van der Waals surface area contributed by atoms with Gasteiger partial charge in [-0.25, -0.2) is 14.5 Å². The van der Waals surface area contributed by atoms with Crippen LogP contribution in [-0.2, 0) is 0 Å². The molecule has 0 N–H and O–H groups in total. The Hall–Kier alpha value is -2.65. The maximum absolute atomic E-state index is 13.0. The van der Waals surface area contributed by atoms with Gasteiger partial charge in [0.05, 0.1) is 17.0 Å². The van der Waals surface area contributed by atoms with E-state index >= 15 is 0 Å². The molecule has 0 unspecified atom stereocenters. The third-order valence-corrected chi connectivity index (χ3v) is 4.81. The summed E-state index contributed by atoms with van der Waals surface area (Å²) in [6, 6.07) is 13.3. The molecule has 0 aliphatic carbocycles. The van der Waals surface area contributed by atoms with Crippen LogP contribution in [0.1, 0.15) is 24.8 Å². The molecule has 1 aromatic carbocycles. The van der Waals surface area contributed by atoms with Crippen LogP contribution in [0.5, 0.6) is 0 Å². The number of hydrogen-bond donors (Lipinski definition) is 0. The summed E-state index contributed by atoms with van der Waals surface area (Å²) in [6.45, 7) is 1.96. The molecule has 0 aliphatic rings. The summed E-state index contributed by atoms with van der Waals surface area (Å²) in [6.07, 6.45) is 4.06. The maximum Gasteiger partial charge on any atom is 0.267 e. The third-order valence-electron chi connectivity index (χ3n) is 3.78. The highest BCUT2D eigenvalue weighted by Crippen LogP contribution is 2.21. The van der Waals surface area contributed by atoms with Gasteiger partial charge >= 0.3 is 0 Å². The lowest BCUT2D eigenvalue weighted by Crippen LogP contribution is -2.22. The van der Waals surface area contributed by atoms with Gasteiger partial charge in [-0.15, -0.1) is 0 Å². The molecule has 6 heteroatoms. The molecule has 126 valence electrons. The second kappa shape index (κ2) is 7.95. The quantitative estimate of drug-likeness (QED) is 0.383. The van der Waals surface area contributed by atoms with Gasteiger partial charge in [-0.05, 0) is 43.5 Å². The number of nitriles is 1. The Morgan fingerprint density at radius 3 is 2.80 bits per heavy atom. The fraction of sp³-hybridized carbons (Fsp3) is 0.263. The highest BCUT2D eigenvalue weighted by Gasteiger charge is 2.13. The van der Waals surface area contributed by atoms with Crippen molar-refractivity contribution in [3.8, 4) is 11.9 Å². The summed E-state index contributed by atoms with van der Waals surface area (Å²) in [5, 5.41) is 9.85. The number of fused-ring (bicyclic) bond motifs is 1. The van der Waals surface area contributed by atoms with E-state index in [1.54, 1.807) is 16.8 Å². The van der Waals surface area contributed by atoms with Crippen LogP contribution in [0, 0.1) is 18.3 Å². The predicted octanol–water partition coefficient (Wildman–Crippen LogP) is 3.88. The van der Waals surface area contributed by atoms with Crippen molar-refractivity contribution < 1.29 is 0 Å². The average molecular weight is 350 g/mol. The first kappa shape index (κ1) is 17.2. The number of unbranched alkanes of at least 4 members (excludes halogenated alkanes) is 2. The monoisotopic (exact) mass is 350 g/mol. The molecule has 0 bridgehead atoms. The Labute approximate surface area is 150 Å². The first-order valence-corrected chi connectivity index (χ1v) is 9.14. The van der Waals surface area contributed by atoms with E-state index in [0.717, 1.165) is 24.2 Å². The number of benzene rings is 1. The fourth-order valence-corrected chi connectivity index (χ4v) is 3.47. The van der Waals surface area contributed by atoms with Gasteiger partial charge in [0.25, 0.3) is 5.56 Å². The Morgan fingerprint density at radius 1 is 1.20 bits per heavy atom. The number of aromatic nitrogens is 3. The van der Waals surface area contributed by atoms with Gasteiger partial charge in [-0.3, -0.25) is 4.79 Å². The molecule has 2 heterocycles. The van der Waals surface area contributed by atoms with Crippen LogP contribution in [0.2, 0.25) is 0 Å². The highest BCUT2D eigenvalue weighted by molar-refractivity contribution is 7.99. The number of rotatable bonds is 6. The van der Waals surface area contributed by atoms with Crippen molar-refractivity contribution in [1.82, 2.24) is 14.5 Å². The Kier molecular flexibility index (Phi) is 5.46. The van der Waals surface area contributed by atoms with Crippen molar-refractivity contribution in [2.75, 3.05) is 5.75 Å². The van der Waals surface area contributed by atoms with E-state index in [9.17, 15) is 4.79 Å². The van der Waals surface area contributed by atoms with Gasteiger partial charge in [-0.1, -0.05) is 30.0 Å².